The van der Waals surface area contributed by atoms with Crippen LogP contribution in [0.4, 0.5) is 5.95 Å². The molecule has 2 aromatic carbocycles. The van der Waals surface area contributed by atoms with Crippen molar-refractivity contribution in [2.45, 2.75) is 32.2 Å². The molecule has 1 saturated carbocycles. The molecule has 1 N–H and O–H groups in total. The molecule has 1 aliphatic rings. The van der Waals surface area contributed by atoms with E-state index in [0.29, 0.717) is 29.6 Å². The molecule has 8 nitrogen and oxygen atoms in total. The number of carbonyl (C=O) groups excluding carboxylic acids is 2. The van der Waals surface area contributed by atoms with Crippen LogP contribution >= 0.6 is 0 Å². The number of benzene rings is 2. The Labute approximate surface area is 193 Å². The van der Waals surface area contributed by atoms with Gasteiger partial charge in [-0.3, -0.25) is 19.5 Å². The summed E-state index contributed by atoms with van der Waals surface area (Å²) >= 11 is 0. The average molecular weight is 449 g/mol. The predicted molar refractivity (Wildman–Crippen MR) is 126 cm³/mol. The van der Waals surface area contributed by atoms with E-state index in [1.54, 1.807) is 29.8 Å². The maximum atomic E-state index is 12.9. The molecule has 0 unspecified atom stereocenters. The fraction of sp³-hybridized carbons (Fsp3) is 0.320. The molecular weight excluding hydrogens is 420 g/mol. The highest BCUT2D eigenvalue weighted by molar-refractivity contribution is 5.94. The molecule has 1 aliphatic carbocycles. The van der Waals surface area contributed by atoms with Gasteiger partial charge in [-0.25, -0.2) is 4.98 Å². The minimum absolute atomic E-state index is 0.0107. The third kappa shape index (κ3) is 5.00. The number of imidazole rings is 1. The Morgan fingerprint density at radius 1 is 1.09 bits per heavy atom. The van der Waals surface area contributed by atoms with E-state index in [1.807, 2.05) is 55.6 Å². The monoisotopic (exact) mass is 448 g/mol. The fourth-order valence-electron chi connectivity index (χ4n) is 3.72. The first-order chi connectivity index (χ1) is 16.0. The summed E-state index contributed by atoms with van der Waals surface area (Å²) in [6, 6.07) is 15.4. The Kier molecular flexibility index (Phi) is 6.63. The number of ether oxygens (including phenoxy) is 2. The summed E-state index contributed by atoms with van der Waals surface area (Å²) in [6.07, 6.45) is 4.12. The number of carbonyl (C=O) groups is 2. The van der Waals surface area contributed by atoms with Crippen molar-refractivity contribution in [2.24, 2.45) is 0 Å². The Balaban J connectivity index is 1.67. The molecular formula is C25H28N4O4. The molecule has 8 heteroatoms. The topological polar surface area (TPSA) is 85.7 Å². The standard InChI is InChI=1S/C25H28N4O4/c1-4-24(31)28(18-10-11-18)16-23(30)27-25-26-20(17-8-6-5-7-9-17)15-29(25)19-12-13-21(32-2)22(14-19)33-3/h5-9,12-15,18H,4,10-11,16H2,1-3H3,(H,26,27,30). The second kappa shape index (κ2) is 9.77. The number of aromatic nitrogens is 2. The first-order valence-electron chi connectivity index (χ1n) is 11.0. The number of rotatable bonds is 9. The van der Waals surface area contributed by atoms with E-state index >= 15 is 0 Å². The highest BCUT2D eigenvalue weighted by Gasteiger charge is 2.33. The Morgan fingerprint density at radius 2 is 1.82 bits per heavy atom. The van der Waals surface area contributed by atoms with Gasteiger partial charge in [0.05, 0.1) is 25.6 Å². The van der Waals surface area contributed by atoms with Crippen LogP contribution in [0.3, 0.4) is 0 Å². The number of anilines is 1. The van der Waals surface area contributed by atoms with Crippen molar-refractivity contribution >= 4 is 17.8 Å². The lowest BCUT2D eigenvalue weighted by molar-refractivity contribution is -0.135. The summed E-state index contributed by atoms with van der Waals surface area (Å²) in [5.41, 5.74) is 2.39. The molecule has 0 aliphatic heterocycles. The van der Waals surface area contributed by atoms with Crippen molar-refractivity contribution < 1.29 is 19.1 Å². The van der Waals surface area contributed by atoms with Crippen LogP contribution in [0.25, 0.3) is 16.9 Å². The van der Waals surface area contributed by atoms with Crippen LogP contribution < -0.4 is 14.8 Å². The quantitative estimate of drug-likeness (QED) is 0.537. The van der Waals surface area contributed by atoms with Gasteiger partial charge in [0.25, 0.3) is 0 Å². The summed E-state index contributed by atoms with van der Waals surface area (Å²) in [5, 5.41) is 2.90. The Hall–Kier alpha value is -3.81. The van der Waals surface area contributed by atoms with Crippen molar-refractivity contribution in [3.05, 3.63) is 54.7 Å². The van der Waals surface area contributed by atoms with Crippen molar-refractivity contribution in [3.8, 4) is 28.4 Å². The minimum Gasteiger partial charge on any atom is -0.493 e. The van der Waals surface area contributed by atoms with Gasteiger partial charge in [0.1, 0.15) is 6.54 Å². The molecule has 0 radical (unpaired) electrons. The average Bonchev–Trinajstić information content (AvgIpc) is 3.61. The minimum atomic E-state index is -0.282. The molecule has 0 spiro atoms. The van der Waals surface area contributed by atoms with Crippen molar-refractivity contribution in [3.63, 3.8) is 0 Å². The van der Waals surface area contributed by atoms with E-state index in [0.717, 1.165) is 24.1 Å². The van der Waals surface area contributed by atoms with Gasteiger partial charge in [-0.15, -0.1) is 0 Å². The first-order valence-corrected chi connectivity index (χ1v) is 11.0. The van der Waals surface area contributed by atoms with Crippen LogP contribution in [0.1, 0.15) is 26.2 Å². The highest BCUT2D eigenvalue weighted by atomic mass is 16.5. The van der Waals surface area contributed by atoms with Gasteiger partial charge in [0.15, 0.2) is 11.5 Å². The van der Waals surface area contributed by atoms with Crippen molar-refractivity contribution in [2.75, 3.05) is 26.1 Å². The van der Waals surface area contributed by atoms with Gasteiger partial charge in [-0.1, -0.05) is 37.3 Å². The lowest BCUT2D eigenvalue weighted by atomic mass is 10.2. The number of amides is 2. The molecule has 1 aromatic heterocycles. The molecule has 1 fully saturated rings. The molecule has 172 valence electrons. The molecule has 3 aromatic rings. The van der Waals surface area contributed by atoms with Gasteiger partial charge in [0.2, 0.25) is 17.8 Å². The van der Waals surface area contributed by atoms with Crippen LogP contribution in [0, 0.1) is 0 Å². The molecule has 33 heavy (non-hydrogen) atoms. The lowest BCUT2D eigenvalue weighted by Crippen LogP contribution is -2.39. The second-order valence-corrected chi connectivity index (χ2v) is 7.88. The van der Waals surface area contributed by atoms with E-state index in [1.165, 1.54) is 0 Å². The van der Waals surface area contributed by atoms with E-state index in [2.05, 4.69) is 10.3 Å². The number of methoxy groups -OCH3 is 2. The normalized spacial score (nSPS) is 12.8. The molecule has 0 atom stereocenters. The fourth-order valence-corrected chi connectivity index (χ4v) is 3.72. The first kappa shape index (κ1) is 22.4. The number of nitrogens with zero attached hydrogens (tertiary/aromatic N) is 3. The lowest BCUT2D eigenvalue weighted by Gasteiger charge is -2.21. The van der Waals surface area contributed by atoms with Gasteiger partial charge >= 0.3 is 0 Å². The molecule has 1 heterocycles. The summed E-state index contributed by atoms with van der Waals surface area (Å²) in [6.45, 7) is 1.82. The number of hydrogen-bond acceptors (Lipinski definition) is 5. The predicted octanol–water partition coefficient (Wildman–Crippen LogP) is 3.90. The highest BCUT2D eigenvalue weighted by Crippen LogP contribution is 2.32. The Bertz CT molecular complexity index is 1140. The van der Waals surface area contributed by atoms with Crippen molar-refractivity contribution in [1.29, 1.82) is 0 Å². The summed E-state index contributed by atoms with van der Waals surface area (Å²) < 4.78 is 12.6. The molecule has 0 saturated heterocycles. The van der Waals surface area contributed by atoms with E-state index in [9.17, 15) is 9.59 Å². The van der Waals surface area contributed by atoms with E-state index in [-0.39, 0.29) is 24.4 Å². The third-order valence-corrected chi connectivity index (χ3v) is 5.60. The maximum absolute atomic E-state index is 12.9. The van der Waals surface area contributed by atoms with Crippen LogP contribution in [0.15, 0.2) is 54.7 Å². The van der Waals surface area contributed by atoms with Crippen LogP contribution in [-0.4, -0.2) is 53.1 Å². The zero-order valence-electron chi connectivity index (χ0n) is 19.1. The van der Waals surface area contributed by atoms with Gasteiger partial charge in [-0.2, -0.15) is 0 Å². The van der Waals surface area contributed by atoms with Crippen LogP contribution in [0.2, 0.25) is 0 Å². The van der Waals surface area contributed by atoms with Gasteiger partial charge in [0, 0.05) is 30.3 Å². The molecule has 0 bridgehead atoms. The third-order valence-electron chi connectivity index (χ3n) is 5.60. The number of nitrogens with one attached hydrogen (secondary N) is 1. The van der Waals surface area contributed by atoms with Crippen LogP contribution in [0.5, 0.6) is 11.5 Å². The van der Waals surface area contributed by atoms with Crippen LogP contribution in [-0.2, 0) is 9.59 Å². The zero-order valence-corrected chi connectivity index (χ0v) is 19.1. The molecule has 4 rings (SSSR count). The number of hydrogen-bond donors (Lipinski definition) is 1. The molecule has 2 amide bonds. The smallest absolute Gasteiger partial charge is 0.246 e. The zero-order chi connectivity index (χ0) is 23.4. The maximum Gasteiger partial charge on any atom is 0.246 e. The Morgan fingerprint density at radius 3 is 2.45 bits per heavy atom. The summed E-state index contributed by atoms with van der Waals surface area (Å²) in [5.74, 6) is 1.24. The summed E-state index contributed by atoms with van der Waals surface area (Å²) in [7, 11) is 3.15. The van der Waals surface area contributed by atoms with Crippen molar-refractivity contribution in [1.82, 2.24) is 14.5 Å². The van der Waals surface area contributed by atoms with E-state index < -0.39 is 0 Å². The van der Waals surface area contributed by atoms with Gasteiger partial charge < -0.3 is 14.4 Å². The SMILES string of the molecule is CCC(=O)N(CC(=O)Nc1nc(-c2ccccc2)cn1-c1ccc(OC)c(OC)c1)C1CC1. The largest absolute Gasteiger partial charge is 0.493 e. The van der Waals surface area contributed by atoms with E-state index in [4.69, 9.17) is 9.47 Å². The summed E-state index contributed by atoms with van der Waals surface area (Å²) in [4.78, 5) is 31.6. The second-order valence-electron chi connectivity index (χ2n) is 7.88. The van der Waals surface area contributed by atoms with Gasteiger partial charge in [-0.05, 0) is 25.0 Å².